The van der Waals surface area contributed by atoms with Crippen LogP contribution in [0.15, 0.2) is 24.5 Å². The van der Waals surface area contributed by atoms with Gasteiger partial charge in [-0.2, -0.15) is 5.26 Å². The van der Waals surface area contributed by atoms with Crippen LogP contribution in [0.3, 0.4) is 0 Å². The van der Waals surface area contributed by atoms with Crippen LogP contribution in [0, 0.1) is 11.3 Å². The van der Waals surface area contributed by atoms with Gasteiger partial charge in [-0.15, -0.1) is 11.6 Å². The Bertz CT molecular complexity index is 361. The monoisotopic (exact) mass is 279 g/mol. The van der Waals surface area contributed by atoms with Gasteiger partial charge in [0.05, 0.1) is 6.07 Å². The van der Waals surface area contributed by atoms with Gasteiger partial charge in [0.25, 0.3) is 0 Å². The summed E-state index contributed by atoms with van der Waals surface area (Å²) >= 11 is 5.67. The number of nitrogens with zero attached hydrogens (tertiary/aromatic N) is 3. The fraction of sp³-hybridized carbons (Fsp3) is 0.600. The molecule has 0 saturated carbocycles. The number of unbranched alkanes of at least 4 members (excludes halogenated alkanes) is 3. The molecule has 0 radical (unpaired) electrons. The smallest absolute Gasteiger partial charge is 0.0635 e. The Labute approximate surface area is 121 Å². The highest BCUT2D eigenvalue weighted by atomic mass is 35.5. The van der Waals surface area contributed by atoms with Crippen molar-refractivity contribution in [3.8, 4) is 6.07 Å². The van der Waals surface area contributed by atoms with Crippen LogP contribution in [-0.4, -0.2) is 28.9 Å². The van der Waals surface area contributed by atoms with E-state index in [1.165, 1.54) is 24.8 Å². The molecule has 104 valence electrons. The van der Waals surface area contributed by atoms with Gasteiger partial charge in [-0.3, -0.25) is 9.88 Å². The minimum absolute atomic E-state index is 0.585. The molecule has 0 bridgehead atoms. The second kappa shape index (κ2) is 10.8. The lowest BCUT2D eigenvalue weighted by Crippen LogP contribution is -2.25. The highest BCUT2D eigenvalue weighted by Gasteiger charge is 2.05. The highest BCUT2D eigenvalue weighted by molar-refractivity contribution is 6.17. The number of halogens is 1. The second-order valence-corrected chi connectivity index (χ2v) is 5.03. The zero-order valence-corrected chi connectivity index (χ0v) is 12.1. The van der Waals surface area contributed by atoms with Crippen molar-refractivity contribution < 1.29 is 0 Å². The number of nitriles is 1. The minimum Gasteiger partial charge on any atom is -0.298 e. The largest absolute Gasteiger partial charge is 0.298 e. The lowest BCUT2D eigenvalue weighted by atomic mass is 10.2. The van der Waals surface area contributed by atoms with Gasteiger partial charge in [0.15, 0.2) is 0 Å². The number of alkyl halides is 1. The fourth-order valence-electron chi connectivity index (χ4n) is 2.01. The van der Waals surface area contributed by atoms with E-state index in [-0.39, 0.29) is 0 Å². The standard InChI is InChI=1S/C15H22ClN3/c16-8-3-1-2-4-11-19(12-6-9-17)14-15-7-5-10-18-13-15/h5,7,10,13H,1-4,6,8,11-12,14H2. The molecule has 1 aromatic rings. The van der Waals surface area contributed by atoms with E-state index in [1.54, 1.807) is 6.20 Å². The zero-order valence-electron chi connectivity index (χ0n) is 11.4. The molecule has 1 rings (SSSR count). The molecule has 1 aromatic heterocycles. The maximum Gasteiger partial charge on any atom is 0.0635 e. The number of pyridine rings is 1. The lowest BCUT2D eigenvalue weighted by Gasteiger charge is -2.21. The van der Waals surface area contributed by atoms with Crippen molar-refractivity contribution in [3.05, 3.63) is 30.1 Å². The van der Waals surface area contributed by atoms with Crippen LogP contribution >= 0.6 is 11.6 Å². The molecule has 0 N–H and O–H groups in total. The van der Waals surface area contributed by atoms with Gasteiger partial charge in [0.1, 0.15) is 0 Å². The zero-order chi connectivity index (χ0) is 13.8. The van der Waals surface area contributed by atoms with E-state index in [4.69, 9.17) is 16.9 Å². The van der Waals surface area contributed by atoms with Crippen molar-refractivity contribution in [2.24, 2.45) is 0 Å². The van der Waals surface area contributed by atoms with Crippen molar-refractivity contribution in [2.75, 3.05) is 19.0 Å². The molecule has 19 heavy (non-hydrogen) atoms. The summed E-state index contributed by atoms with van der Waals surface area (Å²) in [4.78, 5) is 6.47. The Kier molecular flexibility index (Phi) is 9.05. The van der Waals surface area contributed by atoms with E-state index >= 15 is 0 Å². The van der Waals surface area contributed by atoms with Gasteiger partial charge in [0, 0.05) is 37.8 Å². The third-order valence-corrected chi connectivity index (χ3v) is 3.29. The number of hydrogen-bond acceptors (Lipinski definition) is 3. The van der Waals surface area contributed by atoms with E-state index in [2.05, 4.69) is 22.0 Å². The van der Waals surface area contributed by atoms with Crippen molar-refractivity contribution in [1.29, 1.82) is 5.26 Å². The average Bonchev–Trinajstić information content (AvgIpc) is 2.45. The molecular weight excluding hydrogens is 258 g/mol. The highest BCUT2D eigenvalue weighted by Crippen LogP contribution is 2.07. The minimum atomic E-state index is 0.585. The summed E-state index contributed by atoms with van der Waals surface area (Å²) in [6.07, 6.45) is 8.94. The summed E-state index contributed by atoms with van der Waals surface area (Å²) < 4.78 is 0. The van der Waals surface area contributed by atoms with Crippen LogP contribution in [0.2, 0.25) is 0 Å². The summed E-state index contributed by atoms with van der Waals surface area (Å²) in [6, 6.07) is 6.26. The predicted molar refractivity (Wildman–Crippen MR) is 78.9 cm³/mol. The van der Waals surface area contributed by atoms with Gasteiger partial charge < -0.3 is 0 Å². The van der Waals surface area contributed by atoms with E-state index in [0.29, 0.717) is 6.42 Å². The lowest BCUT2D eigenvalue weighted by molar-refractivity contribution is 0.264. The van der Waals surface area contributed by atoms with Gasteiger partial charge in [-0.05, 0) is 31.0 Å². The molecule has 0 amide bonds. The fourth-order valence-corrected chi connectivity index (χ4v) is 2.20. The Morgan fingerprint density at radius 2 is 2.05 bits per heavy atom. The maximum atomic E-state index is 8.72. The first-order chi connectivity index (χ1) is 9.36. The Balaban J connectivity index is 2.32. The third-order valence-electron chi connectivity index (χ3n) is 3.03. The first kappa shape index (κ1) is 15.9. The van der Waals surface area contributed by atoms with E-state index in [9.17, 15) is 0 Å². The molecule has 0 aliphatic rings. The van der Waals surface area contributed by atoms with Gasteiger partial charge in [-0.1, -0.05) is 18.9 Å². The van der Waals surface area contributed by atoms with Crippen LogP contribution in [-0.2, 0) is 6.54 Å². The molecule has 0 fully saturated rings. The normalized spacial score (nSPS) is 10.6. The van der Waals surface area contributed by atoms with E-state index < -0.39 is 0 Å². The number of hydrogen-bond donors (Lipinski definition) is 0. The van der Waals surface area contributed by atoms with Crippen molar-refractivity contribution >= 4 is 11.6 Å². The summed E-state index contributed by atoms with van der Waals surface area (Å²) in [5.41, 5.74) is 1.21. The average molecular weight is 280 g/mol. The van der Waals surface area contributed by atoms with Crippen molar-refractivity contribution in [1.82, 2.24) is 9.88 Å². The summed E-state index contributed by atoms with van der Waals surface area (Å²) in [5.74, 6) is 0.758. The topological polar surface area (TPSA) is 39.9 Å². The number of rotatable bonds is 10. The van der Waals surface area contributed by atoms with E-state index in [1.807, 2.05) is 12.3 Å². The van der Waals surface area contributed by atoms with Crippen LogP contribution in [0.25, 0.3) is 0 Å². The van der Waals surface area contributed by atoms with E-state index in [0.717, 1.165) is 31.9 Å². The Hall–Kier alpha value is -1.11. The Morgan fingerprint density at radius 1 is 1.21 bits per heavy atom. The molecule has 0 aliphatic heterocycles. The quantitative estimate of drug-likeness (QED) is 0.485. The summed E-state index contributed by atoms with van der Waals surface area (Å²) in [6.45, 7) is 2.75. The van der Waals surface area contributed by atoms with Gasteiger partial charge in [-0.25, -0.2) is 0 Å². The maximum absolute atomic E-state index is 8.72. The van der Waals surface area contributed by atoms with Crippen molar-refractivity contribution in [3.63, 3.8) is 0 Å². The molecule has 0 saturated heterocycles. The van der Waals surface area contributed by atoms with Crippen molar-refractivity contribution in [2.45, 2.75) is 38.6 Å². The van der Waals surface area contributed by atoms with Crippen LogP contribution in [0.4, 0.5) is 0 Å². The molecule has 0 aromatic carbocycles. The molecular formula is C15H22ClN3. The summed E-state index contributed by atoms with van der Waals surface area (Å²) in [7, 11) is 0. The third kappa shape index (κ3) is 7.81. The SMILES string of the molecule is N#CCCN(CCCCCCCl)Cc1cccnc1. The molecule has 0 unspecified atom stereocenters. The number of aromatic nitrogens is 1. The Morgan fingerprint density at radius 3 is 2.74 bits per heavy atom. The second-order valence-electron chi connectivity index (χ2n) is 4.65. The van der Waals surface area contributed by atoms with Gasteiger partial charge >= 0.3 is 0 Å². The first-order valence-electron chi connectivity index (χ1n) is 6.91. The van der Waals surface area contributed by atoms with Crippen LogP contribution in [0.1, 0.15) is 37.7 Å². The molecule has 0 spiro atoms. The van der Waals surface area contributed by atoms with Crippen LogP contribution < -0.4 is 0 Å². The molecule has 0 atom stereocenters. The molecule has 1 heterocycles. The molecule has 0 aliphatic carbocycles. The summed E-state index contributed by atoms with van der Waals surface area (Å²) in [5, 5.41) is 8.72. The molecule has 4 heteroatoms. The predicted octanol–water partition coefficient (Wildman–Crippen LogP) is 3.60. The van der Waals surface area contributed by atoms with Crippen LogP contribution in [0.5, 0.6) is 0 Å². The first-order valence-corrected chi connectivity index (χ1v) is 7.44. The van der Waals surface area contributed by atoms with Gasteiger partial charge in [0.2, 0.25) is 0 Å². The molecule has 3 nitrogen and oxygen atoms in total.